The van der Waals surface area contributed by atoms with E-state index in [-0.39, 0.29) is 23.7 Å². The van der Waals surface area contributed by atoms with Gasteiger partial charge in [0.05, 0.1) is 24.6 Å². The van der Waals surface area contributed by atoms with Crippen molar-refractivity contribution in [1.29, 1.82) is 0 Å². The molecule has 0 bridgehead atoms. The SMILES string of the molecule is COc1ccc(N2C(=O)[C@H]3[C@H]4CCCCCCC[C@H]4c4c([nH]c5ccccc45)[C@@H]3C2=O)cc1. The largest absolute Gasteiger partial charge is 0.497 e. The van der Waals surface area contributed by atoms with Crippen LogP contribution in [0.2, 0.25) is 0 Å². The highest BCUT2D eigenvalue weighted by Crippen LogP contribution is 2.56. The summed E-state index contributed by atoms with van der Waals surface area (Å²) in [6.45, 7) is 0. The van der Waals surface area contributed by atoms with Gasteiger partial charge in [0.1, 0.15) is 5.75 Å². The zero-order valence-corrected chi connectivity index (χ0v) is 19.0. The Morgan fingerprint density at radius 2 is 1.61 bits per heavy atom. The molecule has 2 fully saturated rings. The highest BCUT2D eigenvalue weighted by molar-refractivity contribution is 6.24. The molecule has 2 aromatic carbocycles. The summed E-state index contributed by atoms with van der Waals surface area (Å²) in [7, 11) is 1.62. The number of carbonyl (C=O) groups is 2. The van der Waals surface area contributed by atoms with Crippen molar-refractivity contribution >= 4 is 28.4 Å². The van der Waals surface area contributed by atoms with E-state index >= 15 is 0 Å². The van der Waals surface area contributed by atoms with Crippen LogP contribution in [0.1, 0.15) is 68.0 Å². The van der Waals surface area contributed by atoms with Crippen LogP contribution in [0, 0.1) is 11.8 Å². The fraction of sp³-hybridized carbons (Fsp3) is 0.429. The number of imide groups is 1. The molecule has 5 nitrogen and oxygen atoms in total. The summed E-state index contributed by atoms with van der Waals surface area (Å²) in [4.78, 5) is 32.9. The summed E-state index contributed by atoms with van der Waals surface area (Å²) < 4.78 is 5.28. The van der Waals surface area contributed by atoms with Gasteiger partial charge in [-0.1, -0.05) is 50.3 Å². The first-order chi connectivity index (χ1) is 16.2. The third-order valence-corrected chi connectivity index (χ3v) is 8.17. The molecule has 0 unspecified atom stereocenters. The van der Waals surface area contributed by atoms with Gasteiger partial charge in [-0.15, -0.1) is 0 Å². The molecule has 0 radical (unpaired) electrons. The number of amides is 2. The van der Waals surface area contributed by atoms with E-state index in [2.05, 4.69) is 23.2 Å². The number of nitrogens with one attached hydrogen (secondary N) is 1. The molecule has 4 atom stereocenters. The minimum atomic E-state index is -0.427. The Labute approximate surface area is 194 Å². The number of para-hydroxylation sites is 1. The summed E-state index contributed by atoms with van der Waals surface area (Å²) in [5.41, 5.74) is 4.00. The van der Waals surface area contributed by atoms with E-state index in [0.717, 1.165) is 30.5 Å². The molecule has 0 spiro atoms. The molecule has 1 aromatic heterocycles. The van der Waals surface area contributed by atoms with Gasteiger partial charge in [-0.3, -0.25) is 9.59 Å². The first-order valence-electron chi connectivity index (χ1n) is 12.3. The fourth-order valence-electron chi connectivity index (χ4n) is 6.72. The van der Waals surface area contributed by atoms with Gasteiger partial charge >= 0.3 is 0 Å². The van der Waals surface area contributed by atoms with E-state index in [4.69, 9.17) is 4.74 Å². The number of methoxy groups -OCH3 is 1. The number of benzene rings is 2. The molecule has 1 saturated heterocycles. The third-order valence-electron chi connectivity index (χ3n) is 8.17. The number of H-pyrrole nitrogens is 1. The zero-order chi connectivity index (χ0) is 22.5. The van der Waals surface area contributed by atoms with Crippen LogP contribution in [0.25, 0.3) is 10.9 Å². The van der Waals surface area contributed by atoms with Crippen LogP contribution in [0.3, 0.4) is 0 Å². The number of nitrogens with zero attached hydrogens (tertiary/aromatic N) is 1. The minimum Gasteiger partial charge on any atom is -0.497 e. The smallest absolute Gasteiger partial charge is 0.243 e. The van der Waals surface area contributed by atoms with Crippen molar-refractivity contribution in [3.8, 4) is 5.75 Å². The van der Waals surface area contributed by atoms with Gasteiger partial charge in [-0.2, -0.15) is 0 Å². The maximum Gasteiger partial charge on any atom is 0.243 e. The number of fused-ring (bicyclic) bond motifs is 8. The molecule has 2 amide bonds. The molecule has 2 heterocycles. The molecule has 3 aliphatic rings. The maximum atomic E-state index is 13.9. The van der Waals surface area contributed by atoms with Gasteiger partial charge in [-0.05, 0) is 60.6 Å². The van der Waals surface area contributed by atoms with Crippen molar-refractivity contribution in [3.05, 3.63) is 59.8 Å². The second-order valence-electron chi connectivity index (χ2n) is 9.83. The summed E-state index contributed by atoms with van der Waals surface area (Å²) in [5.74, 6) is 0.398. The summed E-state index contributed by atoms with van der Waals surface area (Å²) in [6.07, 6.45) is 8.14. The maximum absolute atomic E-state index is 13.9. The number of ether oxygens (including phenoxy) is 1. The lowest BCUT2D eigenvalue weighted by Gasteiger charge is -2.38. The molecule has 1 aliphatic heterocycles. The molecule has 3 aromatic rings. The fourth-order valence-corrected chi connectivity index (χ4v) is 6.72. The second-order valence-corrected chi connectivity index (χ2v) is 9.83. The Balaban J connectivity index is 1.51. The number of hydrogen-bond donors (Lipinski definition) is 1. The summed E-state index contributed by atoms with van der Waals surface area (Å²) >= 11 is 0. The zero-order valence-electron chi connectivity index (χ0n) is 19.0. The minimum absolute atomic E-state index is 0.0336. The van der Waals surface area contributed by atoms with Gasteiger partial charge < -0.3 is 9.72 Å². The quantitative estimate of drug-likeness (QED) is 0.502. The molecular formula is C28H30N2O3. The highest BCUT2D eigenvalue weighted by Gasteiger charge is 2.57. The van der Waals surface area contributed by atoms with Crippen molar-refractivity contribution in [3.63, 3.8) is 0 Å². The van der Waals surface area contributed by atoms with Crippen molar-refractivity contribution in [2.45, 2.75) is 56.8 Å². The van der Waals surface area contributed by atoms with Crippen molar-refractivity contribution < 1.29 is 14.3 Å². The second kappa shape index (κ2) is 8.05. The molecule has 5 heteroatoms. The highest BCUT2D eigenvalue weighted by atomic mass is 16.5. The molecule has 1 N–H and O–H groups in total. The lowest BCUT2D eigenvalue weighted by molar-refractivity contribution is -0.123. The van der Waals surface area contributed by atoms with E-state index in [9.17, 15) is 9.59 Å². The normalized spacial score (nSPS) is 27.4. The first kappa shape index (κ1) is 20.5. The Morgan fingerprint density at radius 3 is 2.39 bits per heavy atom. The van der Waals surface area contributed by atoms with E-state index in [1.54, 1.807) is 7.11 Å². The third kappa shape index (κ3) is 3.12. The average Bonchev–Trinajstić information content (AvgIpc) is 3.37. The predicted octanol–water partition coefficient (Wildman–Crippen LogP) is 5.91. The monoisotopic (exact) mass is 442 g/mol. The Kier molecular flexibility index (Phi) is 5.01. The van der Waals surface area contributed by atoms with Crippen LogP contribution in [0.15, 0.2) is 48.5 Å². The summed E-state index contributed by atoms with van der Waals surface area (Å²) in [6, 6.07) is 15.7. The standard InChI is InChI=1S/C28H30N2O3/c1-33-18-15-13-17(14-16-18)30-27(31)24-20-10-6-4-2-3-5-9-19(20)23-21-11-7-8-12-22(21)29-26(23)25(24)28(30)32/h7-8,11-16,19-20,24-25,29H,2-6,9-10H2,1H3/t19-,20+,24+,25-/m1/s1. The number of carbonyl (C=O) groups excluding carboxylic acids is 2. The molecule has 2 aliphatic carbocycles. The average molecular weight is 443 g/mol. The molecular weight excluding hydrogens is 412 g/mol. The Bertz CT molecular complexity index is 1210. The lowest BCUT2D eigenvalue weighted by atomic mass is 9.63. The first-order valence-corrected chi connectivity index (χ1v) is 12.3. The summed E-state index contributed by atoms with van der Waals surface area (Å²) in [5, 5.41) is 1.23. The van der Waals surface area contributed by atoms with Gasteiger partial charge in [0.2, 0.25) is 11.8 Å². The molecule has 33 heavy (non-hydrogen) atoms. The number of rotatable bonds is 2. The van der Waals surface area contributed by atoms with Crippen molar-refractivity contribution in [1.82, 2.24) is 4.98 Å². The van der Waals surface area contributed by atoms with Crippen molar-refractivity contribution in [2.75, 3.05) is 12.0 Å². The van der Waals surface area contributed by atoms with Gasteiger partial charge in [0.25, 0.3) is 0 Å². The topological polar surface area (TPSA) is 62.4 Å². The van der Waals surface area contributed by atoms with Gasteiger partial charge in [0.15, 0.2) is 0 Å². The van der Waals surface area contributed by atoms with E-state index in [0.29, 0.717) is 17.4 Å². The number of aromatic amines is 1. The van der Waals surface area contributed by atoms with E-state index in [1.807, 2.05) is 30.3 Å². The predicted molar refractivity (Wildman–Crippen MR) is 129 cm³/mol. The Hall–Kier alpha value is -3.08. The van der Waals surface area contributed by atoms with Crippen LogP contribution in [-0.2, 0) is 9.59 Å². The van der Waals surface area contributed by atoms with Crippen LogP contribution in [0.5, 0.6) is 5.75 Å². The molecule has 170 valence electrons. The molecule has 6 rings (SSSR count). The van der Waals surface area contributed by atoms with Crippen LogP contribution < -0.4 is 9.64 Å². The van der Waals surface area contributed by atoms with E-state index < -0.39 is 5.92 Å². The van der Waals surface area contributed by atoms with Gasteiger partial charge in [0, 0.05) is 16.6 Å². The van der Waals surface area contributed by atoms with Crippen LogP contribution in [-0.4, -0.2) is 23.9 Å². The van der Waals surface area contributed by atoms with Crippen LogP contribution >= 0.6 is 0 Å². The van der Waals surface area contributed by atoms with E-state index in [1.165, 1.54) is 41.5 Å². The van der Waals surface area contributed by atoms with Crippen molar-refractivity contribution in [2.24, 2.45) is 11.8 Å². The van der Waals surface area contributed by atoms with Crippen LogP contribution in [0.4, 0.5) is 5.69 Å². The number of aromatic nitrogens is 1. The van der Waals surface area contributed by atoms with Gasteiger partial charge in [-0.25, -0.2) is 4.90 Å². The molecule has 1 saturated carbocycles. The number of hydrogen-bond acceptors (Lipinski definition) is 3. The lowest BCUT2D eigenvalue weighted by Crippen LogP contribution is -2.36. The Morgan fingerprint density at radius 1 is 0.879 bits per heavy atom. The number of anilines is 1.